The molecule has 2 amide bonds. The number of halogens is 1. The molecule has 2 aromatic carbocycles. The van der Waals surface area contributed by atoms with E-state index in [-0.39, 0.29) is 17.7 Å². The van der Waals surface area contributed by atoms with E-state index in [1.165, 1.54) is 0 Å². The normalized spacial score (nSPS) is 15.6. The van der Waals surface area contributed by atoms with Crippen molar-refractivity contribution in [2.24, 2.45) is 0 Å². The van der Waals surface area contributed by atoms with E-state index in [0.29, 0.717) is 37.6 Å². The Morgan fingerprint density at radius 3 is 2.12 bits per heavy atom. The monoisotopic (exact) mass is 370 g/mol. The molecular formula is C21H23ClN2O2. The molecule has 1 atom stereocenters. The fourth-order valence-electron chi connectivity index (χ4n) is 3.42. The minimum absolute atomic E-state index is 0.0651. The second kappa shape index (κ2) is 8.37. The molecule has 5 heteroatoms. The Bertz CT molecular complexity index is 771. The molecule has 2 aromatic rings. The summed E-state index contributed by atoms with van der Waals surface area (Å²) in [6, 6.07) is 17.7. The first kappa shape index (κ1) is 18.5. The summed E-state index contributed by atoms with van der Waals surface area (Å²) in [5.74, 6) is 0.0838. The molecule has 0 bridgehead atoms. The average molecular weight is 371 g/mol. The number of carbonyl (C=O) groups excluding carboxylic acids is 2. The highest BCUT2D eigenvalue weighted by atomic mass is 35.5. The molecule has 136 valence electrons. The molecule has 1 aliphatic heterocycles. The first-order chi connectivity index (χ1) is 12.6. The number of hydrogen-bond donors (Lipinski definition) is 0. The smallest absolute Gasteiger partial charge is 0.223 e. The topological polar surface area (TPSA) is 40.6 Å². The van der Waals surface area contributed by atoms with Gasteiger partial charge in [0.2, 0.25) is 11.8 Å². The van der Waals surface area contributed by atoms with Crippen molar-refractivity contribution in [3.8, 4) is 0 Å². The number of benzene rings is 2. The van der Waals surface area contributed by atoms with Crippen LogP contribution in [0.5, 0.6) is 0 Å². The number of amides is 2. The molecule has 0 N–H and O–H groups in total. The van der Waals surface area contributed by atoms with Crippen LogP contribution in [0, 0.1) is 0 Å². The Balaban J connectivity index is 1.78. The van der Waals surface area contributed by atoms with E-state index < -0.39 is 0 Å². The van der Waals surface area contributed by atoms with Crippen LogP contribution in [0.15, 0.2) is 54.6 Å². The third-order valence-corrected chi connectivity index (χ3v) is 5.28. The average Bonchev–Trinajstić information content (AvgIpc) is 2.67. The van der Waals surface area contributed by atoms with Gasteiger partial charge in [0.15, 0.2) is 0 Å². The molecule has 0 saturated carbocycles. The van der Waals surface area contributed by atoms with Crippen molar-refractivity contribution in [1.29, 1.82) is 0 Å². The zero-order chi connectivity index (χ0) is 18.5. The van der Waals surface area contributed by atoms with Gasteiger partial charge in [-0.25, -0.2) is 0 Å². The molecule has 26 heavy (non-hydrogen) atoms. The summed E-state index contributed by atoms with van der Waals surface area (Å²) in [6.07, 6.45) is 0.369. The molecule has 1 heterocycles. The van der Waals surface area contributed by atoms with Crippen molar-refractivity contribution in [1.82, 2.24) is 9.80 Å². The lowest BCUT2D eigenvalue weighted by atomic mass is 9.88. The van der Waals surface area contributed by atoms with Crippen LogP contribution in [0.4, 0.5) is 0 Å². The van der Waals surface area contributed by atoms with Gasteiger partial charge in [0.05, 0.1) is 0 Å². The summed E-state index contributed by atoms with van der Waals surface area (Å²) in [5.41, 5.74) is 2.05. The maximum Gasteiger partial charge on any atom is 0.223 e. The van der Waals surface area contributed by atoms with E-state index >= 15 is 0 Å². The van der Waals surface area contributed by atoms with Crippen LogP contribution in [0.1, 0.15) is 30.4 Å². The lowest BCUT2D eigenvalue weighted by Gasteiger charge is -2.35. The molecule has 0 aromatic heterocycles. The maximum absolute atomic E-state index is 12.9. The van der Waals surface area contributed by atoms with E-state index in [1.807, 2.05) is 59.5 Å². The van der Waals surface area contributed by atoms with Crippen LogP contribution in [0.2, 0.25) is 5.02 Å². The van der Waals surface area contributed by atoms with Crippen LogP contribution < -0.4 is 0 Å². The molecule has 0 spiro atoms. The largest absolute Gasteiger partial charge is 0.339 e. The maximum atomic E-state index is 12.9. The third kappa shape index (κ3) is 4.25. The molecule has 3 rings (SSSR count). The summed E-state index contributed by atoms with van der Waals surface area (Å²) >= 11 is 6.42. The van der Waals surface area contributed by atoms with Gasteiger partial charge in [-0.1, -0.05) is 60.1 Å². The van der Waals surface area contributed by atoms with Gasteiger partial charge in [0.1, 0.15) is 0 Å². The van der Waals surface area contributed by atoms with Crippen LogP contribution in [-0.2, 0) is 9.59 Å². The van der Waals surface area contributed by atoms with E-state index in [0.717, 1.165) is 11.1 Å². The van der Waals surface area contributed by atoms with Crippen LogP contribution in [0.25, 0.3) is 0 Å². The highest BCUT2D eigenvalue weighted by molar-refractivity contribution is 6.31. The van der Waals surface area contributed by atoms with Gasteiger partial charge in [-0.2, -0.15) is 0 Å². The van der Waals surface area contributed by atoms with Crippen molar-refractivity contribution in [2.45, 2.75) is 19.3 Å². The van der Waals surface area contributed by atoms with Crippen LogP contribution >= 0.6 is 11.6 Å². The summed E-state index contributed by atoms with van der Waals surface area (Å²) in [5, 5.41) is 0.676. The van der Waals surface area contributed by atoms with Gasteiger partial charge >= 0.3 is 0 Å². The van der Waals surface area contributed by atoms with Gasteiger partial charge in [0, 0.05) is 50.5 Å². The summed E-state index contributed by atoms with van der Waals surface area (Å²) in [4.78, 5) is 28.0. The molecule has 0 aliphatic carbocycles. The molecule has 4 nitrogen and oxygen atoms in total. The predicted octanol–water partition coefficient (Wildman–Crippen LogP) is 3.55. The number of nitrogens with zero attached hydrogens (tertiary/aromatic N) is 2. The van der Waals surface area contributed by atoms with E-state index in [4.69, 9.17) is 11.6 Å². The number of hydrogen-bond acceptors (Lipinski definition) is 2. The summed E-state index contributed by atoms with van der Waals surface area (Å²) < 4.78 is 0. The summed E-state index contributed by atoms with van der Waals surface area (Å²) in [7, 11) is 0. The van der Waals surface area contributed by atoms with Gasteiger partial charge in [-0.05, 0) is 17.2 Å². The van der Waals surface area contributed by atoms with Crippen molar-refractivity contribution in [3.05, 3.63) is 70.7 Å². The van der Waals surface area contributed by atoms with Crippen LogP contribution in [-0.4, -0.2) is 47.8 Å². The second-order valence-electron chi connectivity index (χ2n) is 6.58. The van der Waals surface area contributed by atoms with E-state index in [2.05, 4.69) is 0 Å². The number of rotatable bonds is 4. The minimum Gasteiger partial charge on any atom is -0.339 e. The zero-order valence-corrected chi connectivity index (χ0v) is 15.7. The third-order valence-electron chi connectivity index (χ3n) is 4.94. The van der Waals surface area contributed by atoms with Gasteiger partial charge in [0.25, 0.3) is 0 Å². The predicted molar refractivity (Wildman–Crippen MR) is 103 cm³/mol. The van der Waals surface area contributed by atoms with Gasteiger partial charge in [-0.3, -0.25) is 9.59 Å². The van der Waals surface area contributed by atoms with E-state index in [9.17, 15) is 9.59 Å². The zero-order valence-electron chi connectivity index (χ0n) is 14.9. The Morgan fingerprint density at radius 2 is 1.50 bits per heavy atom. The molecule has 0 radical (unpaired) electrons. The Morgan fingerprint density at radius 1 is 0.923 bits per heavy atom. The Hall–Kier alpha value is -2.33. The molecule has 1 aliphatic rings. The van der Waals surface area contributed by atoms with Gasteiger partial charge < -0.3 is 9.80 Å². The quantitative estimate of drug-likeness (QED) is 0.825. The Labute approximate surface area is 159 Å². The highest BCUT2D eigenvalue weighted by Crippen LogP contribution is 2.33. The van der Waals surface area contributed by atoms with E-state index in [1.54, 1.807) is 11.8 Å². The second-order valence-corrected chi connectivity index (χ2v) is 6.98. The van der Waals surface area contributed by atoms with Crippen molar-refractivity contribution < 1.29 is 9.59 Å². The Kier molecular flexibility index (Phi) is 5.94. The molecule has 1 saturated heterocycles. The lowest BCUT2D eigenvalue weighted by Crippen LogP contribution is -2.50. The first-order valence-corrected chi connectivity index (χ1v) is 9.26. The number of carbonyl (C=O) groups is 2. The van der Waals surface area contributed by atoms with Crippen molar-refractivity contribution >= 4 is 23.4 Å². The molecular weight excluding hydrogens is 348 g/mol. The van der Waals surface area contributed by atoms with Crippen molar-refractivity contribution in [3.63, 3.8) is 0 Å². The first-order valence-electron chi connectivity index (χ1n) is 8.89. The van der Waals surface area contributed by atoms with Gasteiger partial charge in [-0.15, -0.1) is 0 Å². The minimum atomic E-state index is -0.0803. The summed E-state index contributed by atoms with van der Waals surface area (Å²) in [6.45, 7) is 3.94. The lowest BCUT2D eigenvalue weighted by molar-refractivity contribution is -0.138. The highest BCUT2D eigenvalue weighted by Gasteiger charge is 2.26. The fraction of sp³-hybridized carbons (Fsp3) is 0.333. The standard InChI is InChI=1S/C21H23ClN2O2/c1-16(25)23-11-13-24(14-12-23)21(26)15-19(17-7-3-2-4-8-17)18-9-5-6-10-20(18)22/h2-10,19H,11-15H2,1H3. The SMILES string of the molecule is CC(=O)N1CCN(C(=O)CC(c2ccccc2)c2ccccc2Cl)CC1. The van der Waals surface area contributed by atoms with Crippen LogP contribution in [0.3, 0.4) is 0 Å². The fourth-order valence-corrected chi connectivity index (χ4v) is 3.69. The van der Waals surface area contributed by atoms with Crippen molar-refractivity contribution in [2.75, 3.05) is 26.2 Å². The molecule has 1 unspecified atom stereocenters. The number of piperazine rings is 1. The molecule has 1 fully saturated rings.